The fourth-order valence-electron chi connectivity index (χ4n) is 2.68. The average molecular weight is 338 g/mol. The molecule has 128 valence electrons. The standard InChI is InChI=1S/C20H19FN2O2/c1-3-23(17-11-9-16(21)10-12-17)19(24)13-25-18-6-4-5-15-8-7-14(2)22-20(15)18/h4-12H,3,13H2,1-2H3. The smallest absolute Gasteiger partial charge is 0.264 e. The number of hydrogen-bond donors (Lipinski definition) is 0. The second-order valence-electron chi connectivity index (χ2n) is 5.68. The number of benzene rings is 2. The van der Waals surface area contributed by atoms with Gasteiger partial charge in [0.05, 0.1) is 0 Å². The van der Waals surface area contributed by atoms with Crippen molar-refractivity contribution in [1.29, 1.82) is 0 Å². The number of nitrogens with zero attached hydrogens (tertiary/aromatic N) is 2. The third-order valence-electron chi connectivity index (χ3n) is 3.93. The third-order valence-corrected chi connectivity index (χ3v) is 3.93. The van der Waals surface area contributed by atoms with Gasteiger partial charge in [-0.2, -0.15) is 0 Å². The summed E-state index contributed by atoms with van der Waals surface area (Å²) >= 11 is 0. The van der Waals surface area contributed by atoms with Crippen molar-refractivity contribution in [1.82, 2.24) is 4.98 Å². The third kappa shape index (κ3) is 3.76. The SMILES string of the molecule is CCN(C(=O)COc1cccc2ccc(C)nc12)c1ccc(F)cc1. The number of likely N-dealkylation sites (N-methyl/N-ethyl adjacent to an activating group) is 1. The minimum Gasteiger partial charge on any atom is -0.481 e. The largest absolute Gasteiger partial charge is 0.481 e. The number of carbonyl (C=O) groups excluding carboxylic acids is 1. The van der Waals surface area contributed by atoms with Crippen LogP contribution >= 0.6 is 0 Å². The summed E-state index contributed by atoms with van der Waals surface area (Å²) in [6.45, 7) is 4.14. The lowest BCUT2D eigenvalue weighted by atomic mass is 10.2. The van der Waals surface area contributed by atoms with Crippen molar-refractivity contribution < 1.29 is 13.9 Å². The van der Waals surface area contributed by atoms with E-state index < -0.39 is 0 Å². The summed E-state index contributed by atoms with van der Waals surface area (Å²) in [5.74, 6) is 0.0455. The highest BCUT2D eigenvalue weighted by atomic mass is 19.1. The fraction of sp³-hybridized carbons (Fsp3) is 0.200. The van der Waals surface area contributed by atoms with Crippen LogP contribution in [0.15, 0.2) is 54.6 Å². The van der Waals surface area contributed by atoms with Crippen LogP contribution in [-0.4, -0.2) is 24.0 Å². The summed E-state index contributed by atoms with van der Waals surface area (Å²) in [6.07, 6.45) is 0. The van der Waals surface area contributed by atoms with Crippen molar-refractivity contribution in [2.45, 2.75) is 13.8 Å². The summed E-state index contributed by atoms with van der Waals surface area (Å²) in [5.41, 5.74) is 2.26. The van der Waals surface area contributed by atoms with Crippen LogP contribution in [0.2, 0.25) is 0 Å². The molecule has 0 spiro atoms. The molecule has 0 fully saturated rings. The average Bonchev–Trinajstić information content (AvgIpc) is 2.62. The predicted molar refractivity (Wildman–Crippen MR) is 96.4 cm³/mol. The quantitative estimate of drug-likeness (QED) is 0.703. The van der Waals surface area contributed by atoms with Crippen LogP contribution in [0, 0.1) is 12.7 Å². The maximum absolute atomic E-state index is 13.1. The van der Waals surface area contributed by atoms with Gasteiger partial charge in [-0.25, -0.2) is 9.37 Å². The van der Waals surface area contributed by atoms with Gasteiger partial charge < -0.3 is 9.64 Å². The molecular formula is C20H19FN2O2. The number of hydrogen-bond acceptors (Lipinski definition) is 3. The van der Waals surface area contributed by atoms with Gasteiger partial charge in [0.15, 0.2) is 6.61 Å². The normalized spacial score (nSPS) is 10.7. The Kier molecular flexibility index (Phi) is 4.93. The number of ether oxygens (including phenoxy) is 1. The van der Waals surface area contributed by atoms with Gasteiger partial charge in [-0.1, -0.05) is 18.2 Å². The van der Waals surface area contributed by atoms with Gasteiger partial charge in [-0.3, -0.25) is 4.79 Å². The number of fused-ring (bicyclic) bond motifs is 1. The Hall–Kier alpha value is -2.95. The van der Waals surface area contributed by atoms with E-state index in [9.17, 15) is 9.18 Å². The number of anilines is 1. The molecular weight excluding hydrogens is 319 g/mol. The molecule has 5 heteroatoms. The number of aromatic nitrogens is 1. The van der Waals surface area contributed by atoms with Crippen molar-refractivity contribution in [2.75, 3.05) is 18.1 Å². The topological polar surface area (TPSA) is 42.4 Å². The molecule has 0 aliphatic heterocycles. The van der Waals surface area contributed by atoms with Crippen molar-refractivity contribution in [2.24, 2.45) is 0 Å². The zero-order valence-corrected chi connectivity index (χ0v) is 14.2. The molecule has 1 heterocycles. The lowest BCUT2D eigenvalue weighted by Crippen LogP contribution is -2.34. The molecule has 1 aromatic heterocycles. The van der Waals surface area contributed by atoms with Gasteiger partial charge in [-0.05, 0) is 50.2 Å². The van der Waals surface area contributed by atoms with E-state index in [2.05, 4.69) is 4.98 Å². The first-order valence-corrected chi connectivity index (χ1v) is 8.13. The monoisotopic (exact) mass is 338 g/mol. The molecule has 3 rings (SSSR count). The molecule has 4 nitrogen and oxygen atoms in total. The van der Waals surface area contributed by atoms with E-state index in [0.29, 0.717) is 18.0 Å². The van der Waals surface area contributed by atoms with E-state index in [1.54, 1.807) is 23.1 Å². The Balaban J connectivity index is 1.77. The highest BCUT2D eigenvalue weighted by molar-refractivity contribution is 5.94. The molecule has 25 heavy (non-hydrogen) atoms. The molecule has 0 aliphatic rings. The van der Waals surface area contributed by atoms with Crippen LogP contribution in [0.3, 0.4) is 0 Å². The summed E-state index contributed by atoms with van der Waals surface area (Å²) in [6, 6.07) is 15.4. The van der Waals surface area contributed by atoms with Gasteiger partial charge in [0.2, 0.25) is 0 Å². The van der Waals surface area contributed by atoms with Crippen molar-refractivity contribution >= 4 is 22.5 Å². The number of amides is 1. The highest BCUT2D eigenvalue weighted by Crippen LogP contribution is 2.24. The number of halogens is 1. The number of aryl methyl sites for hydroxylation is 1. The minimum absolute atomic E-state index is 0.111. The Morgan fingerprint density at radius 3 is 2.60 bits per heavy atom. The van der Waals surface area contributed by atoms with Gasteiger partial charge in [0.1, 0.15) is 17.1 Å². The zero-order chi connectivity index (χ0) is 17.8. The highest BCUT2D eigenvalue weighted by Gasteiger charge is 2.15. The molecule has 1 amide bonds. The number of carbonyl (C=O) groups is 1. The van der Waals surface area contributed by atoms with Gasteiger partial charge in [-0.15, -0.1) is 0 Å². The van der Waals surface area contributed by atoms with Crippen molar-refractivity contribution in [3.05, 3.63) is 66.1 Å². The number of rotatable bonds is 5. The second kappa shape index (κ2) is 7.30. The lowest BCUT2D eigenvalue weighted by Gasteiger charge is -2.21. The van der Waals surface area contributed by atoms with E-state index in [4.69, 9.17) is 4.74 Å². The van der Waals surface area contributed by atoms with Crippen molar-refractivity contribution in [3.8, 4) is 5.75 Å². The summed E-state index contributed by atoms with van der Waals surface area (Å²) < 4.78 is 18.8. The Morgan fingerprint density at radius 2 is 1.88 bits per heavy atom. The summed E-state index contributed by atoms with van der Waals surface area (Å²) in [7, 11) is 0. The molecule has 2 aromatic carbocycles. The summed E-state index contributed by atoms with van der Waals surface area (Å²) in [4.78, 5) is 18.6. The molecule has 0 bridgehead atoms. The Bertz CT molecular complexity index is 894. The van der Waals surface area contributed by atoms with E-state index in [-0.39, 0.29) is 18.3 Å². The fourth-order valence-corrected chi connectivity index (χ4v) is 2.68. The maximum Gasteiger partial charge on any atom is 0.264 e. The predicted octanol–water partition coefficient (Wildman–Crippen LogP) is 4.11. The Labute approximate surface area is 145 Å². The molecule has 0 unspecified atom stereocenters. The van der Waals surface area contributed by atoms with E-state index in [1.807, 2.05) is 38.1 Å². The first-order chi connectivity index (χ1) is 12.1. The van der Waals surface area contributed by atoms with Crippen molar-refractivity contribution in [3.63, 3.8) is 0 Å². The van der Waals surface area contributed by atoms with E-state index >= 15 is 0 Å². The second-order valence-corrected chi connectivity index (χ2v) is 5.68. The van der Waals surface area contributed by atoms with Crippen LogP contribution in [0.4, 0.5) is 10.1 Å². The van der Waals surface area contributed by atoms with Crippen LogP contribution in [0.25, 0.3) is 10.9 Å². The van der Waals surface area contributed by atoms with Gasteiger partial charge >= 0.3 is 0 Å². The molecule has 0 N–H and O–H groups in total. The molecule has 0 atom stereocenters. The van der Waals surface area contributed by atoms with Crippen LogP contribution < -0.4 is 9.64 Å². The first kappa shape index (κ1) is 16.9. The number of pyridine rings is 1. The van der Waals surface area contributed by atoms with Crippen LogP contribution in [0.1, 0.15) is 12.6 Å². The number of para-hydroxylation sites is 1. The van der Waals surface area contributed by atoms with E-state index in [0.717, 1.165) is 16.6 Å². The molecule has 0 aliphatic carbocycles. The van der Waals surface area contributed by atoms with Crippen LogP contribution in [-0.2, 0) is 4.79 Å². The van der Waals surface area contributed by atoms with Gasteiger partial charge in [0.25, 0.3) is 5.91 Å². The summed E-state index contributed by atoms with van der Waals surface area (Å²) in [5, 5.41) is 0.960. The zero-order valence-electron chi connectivity index (χ0n) is 14.2. The minimum atomic E-state index is -0.333. The maximum atomic E-state index is 13.1. The van der Waals surface area contributed by atoms with E-state index in [1.165, 1.54) is 12.1 Å². The molecule has 0 saturated carbocycles. The van der Waals surface area contributed by atoms with Gasteiger partial charge in [0, 0.05) is 23.3 Å². The first-order valence-electron chi connectivity index (χ1n) is 8.13. The molecule has 0 radical (unpaired) electrons. The molecule has 0 saturated heterocycles. The lowest BCUT2D eigenvalue weighted by molar-refractivity contribution is -0.120. The Morgan fingerprint density at radius 1 is 1.12 bits per heavy atom. The van der Waals surface area contributed by atoms with Crippen LogP contribution in [0.5, 0.6) is 5.75 Å². The molecule has 3 aromatic rings.